The lowest BCUT2D eigenvalue weighted by Gasteiger charge is -2.10. The van der Waals surface area contributed by atoms with Crippen molar-refractivity contribution in [3.8, 4) is 0 Å². The fourth-order valence-corrected chi connectivity index (χ4v) is 2.22. The maximum absolute atomic E-state index is 11.9. The van der Waals surface area contributed by atoms with E-state index in [1.807, 2.05) is 24.3 Å². The van der Waals surface area contributed by atoms with Crippen molar-refractivity contribution in [2.24, 2.45) is 0 Å². The molecule has 0 amide bonds. The van der Waals surface area contributed by atoms with Crippen LogP contribution in [0.2, 0.25) is 5.02 Å². The molecule has 20 heavy (non-hydrogen) atoms. The molecule has 7 heteroatoms. The Labute approximate surface area is 129 Å². The van der Waals surface area contributed by atoms with Gasteiger partial charge in [-0.05, 0) is 33.6 Å². The summed E-state index contributed by atoms with van der Waals surface area (Å²) in [7, 11) is 0. The Morgan fingerprint density at radius 3 is 2.70 bits per heavy atom. The van der Waals surface area contributed by atoms with Crippen molar-refractivity contribution >= 4 is 33.2 Å². The zero-order valence-corrected chi connectivity index (χ0v) is 12.9. The van der Waals surface area contributed by atoms with Crippen LogP contribution < -0.4 is 10.9 Å². The highest BCUT2D eigenvalue weighted by Gasteiger charge is 2.08. The van der Waals surface area contributed by atoms with Crippen LogP contribution in [-0.4, -0.2) is 21.5 Å². The summed E-state index contributed by atoms with van der Waals surface area (Å²) in [6, 6.07) is 7.43. The van der Waals surface area contributed by atoms with Gasteiger partial charge in [0.25, 0.3) is 5.56 Å². The molecule has 0 aliphatic heterocycles. The molecule has 1 aromatic carbocycles. The molecule has 0 bridgehead atoms. The molecule has 0 aliphatic rings. The van der Waals surface area contributed by atoms with Gasteiger partial charge in [0.2, 0.25) is 0 Å². The maximum atomic E-state index is 11.9. The number of aromatic nitrogens is 2. The third-order valence-corrected chi connectivity index (χ3v) is 3.71. The van der Waals surface area contributed by atoms with Crippen LogP contribution in [-0.2, 0) is 13.1 Å². The van der Waals surface area contributed by atoms with E-state index in [0.717, 1.165) is 5.56 Å². The minimum Gasteiger partial charge on any atom is -0.394 e. The summed E-state index contributed by atoms with van der Waals surface area (Å²) in [6.07, 6.45) is 1.55. The molecule has 0 fully saturated rings. The van der Waals surface area contributed by atoms with Crippen LogP contribution in [0, 0.1) is 0 Å². The molecule has 5 nitrogen and oxygen atoms in total. The van der Waals surface area contributed by atoms with Crippen molar-refractivity contribution in [3.05, 3.63) is 55.9 Å². The number of nitrogens with one attached hydrogen (secondary N) is 1. The molecule has 1 heterocycles. The number of hydrogen-bond acceptors (Lipinski definition) is 4. The monoisotopic (exact) mass is 357 g/mol. The number of aliphatic hydroxyl groups is 1. The number of benzene rings is 1. The molecule has 0 aliphatic carbocycles. The van der Waals surface area contributed by atoms with Crippen molar-refractivity contribution in [2.45, 2.75) is 13.1 Å². The lowest BCUT2D eigenvalue weighted by Crippen LogP contribution is -2.25. The van der Waals surface area contributed by atoms with E-state index in [-0.39, 0.29) is 18.7 Å². The summed E-state index contributed by atoms with van der Waals surface area (Å²) in [4.78, 5) is 11.9. The molecule has 0 spiro atoms. The molecular formula is C13H13BrClN3O2. The molecule has 0 atom stereocenters. The van der Waals surface area contributed by atoms with Gasteiger partial charge >= 0.3 is 0 Å². The van der Waals surface area contributed by atoms with Gasteiger partial charge in [0.1, 0.15) is 4.47 Å². The average Bonchev–Trinajstić information content (AvgIpc) is 2.45. The van der Waals surface area contributed by atoms with Gasteiger partial charge in [0.15, 0.2) is 0 Å². The summed E-state index contributed by atoms with van der Waals surface area (Å²) < 4.78 is 1.60. The third kappa shape index (κ3) is 3.59. The Morgan fingerprint density at radius 2 is 2.05 bits per heavy atom. The van der Waals surface area contributed by atoms with Gasteiger partial charge < -0.3 is 10.4 Å². The lowest BCUT2D eigenvalue weighted by atomic mass is 10.2. The number of rotatable bonds is 5. The molecule has 0 saturated heterocycles. The average molecular weight is 359 g/mol. The first-order valence-electron chi connectivity index (χ1n) is 5.96. The quantitative estimate of drug-likeness (QED) is 0.860. The summed E-state index contributed by atoms with van der Waals surface area (Å²) in [5.74, 6) is 0. The molecule has 0 radical (unpaired) electrons. The van der Waals surface area contributed by atoms with Gasteiger partial charge in [0, 0.05) is 11.6 Å². The summed E-state index contributed by atoms with van der Waals surface area (Å²) in [6.45, 7) is 0.604. The number of aliphatic hydroxyl groups excluding tert-OH is 1. The van der Waals surface area contributed by atoms with E-state index >= 15 is 0 Å². The number of hydrogen-bond donors (Lipinski definition) is 2. The van der Waals surface area contributed by atoms with Crippen molar-refractivity contribution in [3.63, 3.8) is 0 Å². The van der Waals surface area contributed by atoms with Crippen LogP contribution in [0.15, 0.2) is 39.7 Å². The minimum atomic E-state index is -0.278. The fraction of sp³-hybridized carbons (Fsp3) is 0.231. The van der Waals surface area contributed by atoms with Crippen molar-refractivity contribution in [1.29, 1.82) is 0 Å². The zero-order chi connectivity index (χ0) is 14.5. The van der Waals surface area contributed by atoms with Crippen LogP contribution in [0.1, 0.15) is 5.56 Å². The minimum absolute atomic E-state index is 0.128. The Balaban J connectivity index is 2.12. The first kappa shape index (κ1) is 15.0. The second-order valence-corrected chi connectivity index (χ2v) is 5.33. The zero-order valence-electron chi connectivity index (χ0n) is 10.5. The van der Waals surface area contributed by atoms with E-state index in [0.29, 0.717) is 21.7 Å². The van der Waals surface area contributed by atoms with Gasteiger partial charge in [0.05, 0.1) is 25.0 Å². The van der Waals surface area contributed by atoms with E-state index in [4.69, 9.17) is 16.7 Å². The van der Waals surface area contributed by atoms with Crippen molar-refractivity contribution < 1.29 is 5.11 Å². The van der Waals surface area contributed by atoms with E-state index in [9.17, 15) is 4.79 Å². The Morgan fingerprint density at radius 1 is 1.35 bits per heavy atom. The molecular weight excluding hydrogens is 346 g/mol. The third-order valence-electron chi connectivity index (χ3n) is 2.69. The lowest BCUT2D eigenvalue weighted by molar-refractivity contribution is 0.266. The number of anilines is 1. The van der Waals surface area contributed by atoms with E-state index < -0.39 is 0 Å². The number of nitrogens with zero attached hydrogens (tertiary/aromatic N) is 2. The normalized spacial score (nSPS) is 10.6. The van der Waals surface area contributed by atoms with Crippen LogP contribution >= 0.6 is 27.5 Å². The Kier molecular flexibility index (Phi) is 5.17. The topological polar surface area (TPSA) is 67.2 Å². The molecule has 1 aromatic heterocycles. The van der Waals surface area contributed by atoms with Gasteiger partial charge in [-0.3, -0.25) is 4.79 Å². The van der Waals surface area contributed by atoms with Gasteiger partial charge in [-0.15, -0.1) is 0 Å². The van der Waals surface area contributed by atoms with Crippen LogP contribution in [0.4, 0.5) is 5.69 Å². The van der Waals surface area contributed by atoms with Gasteiger partial charge in [-0.1, -0.05) is 23.7 Å². The first-order chi connectivity index (χ1) is 9.61. The Hall–Kier alpha value is -1.37. The van der Waals surface area contributed by atoms with E-state index in [1.165, 1.54) is 4.68 Å². The van der Waals surface area contributed by atoms with Crippen molar-refractivity contribution in [1.82, 2.24) is 9.78 Å². The second-order valence-electron chi connectivity index (χ2n) is 4.10. The summed E-state index contributed by atoms with van der Waals surface area (Å²) in [5.41, 5.74) is 1.38. The predicted octanol–water partition coefficient (Wildman–Crippen LogP) is 2.26. The first-order valence-corrected chi connectivity index (χ1v) is 7.13. The molecule has 2 rings (SSSR count). The highest BCUT2D eigenvalue weighted by Crippen LogP contribution is 2.17. The second kappa shape index (κ2) is 6.88. The largest absolute Gasteiger partial charge is 0.394 e. The maximum Gasteiger partial charge on any atom is 0.283 e. The van der Waals surface area contributed by atoms with Crippen LogP contribution in [0.25, 0.3) is 0 Å². The molecule has 2 aromatic rings. The highest BCUT2D eigenvalue weighted by molar-refractivity contribution is 9.10. The molecule has 106 valence electrons. The van der Waals surface area contributed by atoms with Gasteiger partial charge in [-0.2, -0.15) is 5.10 Å². The molecule has 0 unspecified atom stereocenters. The molecule has 0 saturated carbocycles. The highest BCUT2D eigenvalue weighted by atomic mass is 79.9. The standard InChI is InChI=1S/C13H13BrClN3O2/c14-12-11(8-17-18(5-6-19)13(12)20)16-7-9-1-3-10(15)4-2-9/h1-4,8,16,19H,5-7H2. The number of halogens is 2. The van der Waals surface area contributed by atoms with E-state index in [2.05, 4.69) is 26.3 Å². The summed E-state index contributed by atoms with van der Waals surface area (Å²) in [5, 5.41) is 16.6. The Bertz CT molecular complexity index is 643. The van der Waals surface area contributed by atoms with Crippen molar-refractivity contribution in [2.75, 3.05) is 11.9 Å². The predicted molar refractivity (Wildman–Crippen MR) is 82.1 cm³/mol. The SMILES string of the molecule is O=c1c(Br)c(NCc2ccc(Cl)cc2)cnn1CCO. The van der Waals surface area contributed by atoms with E-state index in [1.54, 1.807) is 6.20 Å². The van der Waals surface area contributed by atoms with Gasteiger partial charge in [-0.25, -0.2) is 4.68 Å². The summed E-state index contributed by atoms with van der Waals surface area (Å²) >= 11 is 9.07. The fourth-order valence-electron chi connectivity index (χ4n) is 1.64. The van der Waals surface area contributed by atoms with Crippen LogP contribution in [0.3, 0.4) is 0 Å². The smallest absolute Gasteiger partial charge is 0.283 e. The molecule has 2 N–H and O–H groups in total. The van der Waals surface area contributed by atoms with Crippen LogP contribution in [0.5, 0.6) is 0 Å².